The number of imidazole rings is 1. The summed E-state index contributed by atoms with van der Waals surface area (Å²) < 4.78 is 24.1. The smallest absolute Gasteiger partial charge is 0.172 e. The number of aromatic nitrogens is 2. The van der Waals surface area contributed by atoms with Crippen LogP contribution in [0, 0.1) is 0 Å². The number of thioether (sulfide) groups is 1. The van der Waals surface area contributed by atoms with Gasteiger partial charge < -0.3 is 0 Å². The summed E-state index contributed by atoms with van der Waals surface area (Å²) in [6.45, 7) is 0. The van der Waals surface area contributed by atoms with Crippen molar-refractivity contribution in [3.63, 3.8) is 0 Å². The maximum absolute atomic E-state index is 11.1. The summed E-state index contributed by atoms with van der Waals surface area (Å²) in [5, 5.41) is 1.41. The molecule has 2 aromatic rings. The largest absolute Gasteiger partial charge is 0.295 e. The van der Waals surface area contributed by atoms with Gasteiger partial charge in [0.15, 0.2) is 5.16 Å². The van der Waals surface area contributed by atoms with E-state index in [1.165, 1.54) is 18.0 Å². The van der Waals surface area contributed by atoms with Crippen LogP contribution in [0.1, 0.15) is 0 Å². The maximum atomic E-state index is 11.1. The first kappa shape index (κ1) is 14.4. The van der Waals surface area contributed by atoms with Crippen molar-refractivity contribution in [1.29, 1.82) is 0 Å². The SMILES string of the molecule is CS(=O)(=O)CCSc1nccn1-c1cccc(Cl)c1. The zero-order chi connectivity index (χ0) is 13.9. The zero-order valence-electron chi connectivity index (χ0n) is 10.3. The van der Waals surface area contributed by atoms with E-state index in [1.54, 1.807) is 12.3 Å². The van der Waals surface area contributed by atoms with Crippen LogP contribution in [-0.2, 0) is 9.84 Å². The van der Waals surface area contributed by atoms with Gasteiger partial charge in [-0.3, -0.25) is 4.57 Å². The lowest BCUT2D eigenvalue weighted by Gasteiger charge is -2.07. The molecule has 4 nitrogen and oxygen atoms in total. The molecular weight excluding hydrogens is 304 g/mol. The molecule has 102 valence electrons. The van der Waals surface area contributed by atoms with Crippen LogP contribution in [-0.4, -0.2) is 35.7 Å². The van der Waals surface area contributed by atoms with E-state index in [-0.39, 0.29) is 5.75 Å². The van der Waals surface area contributed by atoms with Gasteiger partial charge in [-0.2, -0.15) is 0 Å². The van der Waals surface area contributed by atoms with Crippen molar-refractivity contribution in [2.24, 2.45) is 0 Å². The molecule has 0 aliphatic rings. The van der Waals surface area contributed by atoms with E-state index in [4.69, 9.17) is 11.6 Å². The van der Waals surface area contributed by atoms with Crippen LogP contribution in [0.4, 0.5) is 0 Å². The van der Waals surface area contributed by atoms with Crippen LogP contribution in [0.2, 0.25) is 5.02 Å². The average Bonchev–Trinajstić information content (AvgIpc) is 2.75. The zero-order valence-corrected chi connectivity index (χ0v) is 12.7. The topological polar surface area (TPSA) is 52.0 Å². The van der Waals surface area contributed by atoms with Crippen molar-refractivity contribution in [3.05, 3.63) is 41.7 Å². The molecular formula is C12H13ClN2O2S2. The average molecular weight is 317 g/mol. The van der Waals surface area contributed by atoms with Gasteiger partial charge in [0.05, 0.1) is 5.75 Å². The van der Waals surface area contributed by atoms with Gasteiger partial charge in [0.1, 0.15) is 9.84 Å². The van der Waals surface area contributed by atoms with Crippen LogP contribution in [0.5, 0.6) is 0 Å². The van der Waals surface area contributed by atoms with Crippen molar-refractivity contribution < 1.29 is 8.42 Å². The summed E-state index contributed by atoms with van der Waals surface area (Å²) in [5.74, 6) is 0.622. The first-order chi connectivity index (χ1) is 8.96. The van der Waals surface area contributed by atoms with Crippen LogP contribution >= 0.6 is 23.4 Å². The van der Waals surface area contributed by atoms with Gasteiger partial charge in [0.25, 0.3) is 0 Å². The third kappa shape index (κ3) is 4.26. The van der Waals surface area contributed by atoms with E-state index in [9.17, 15) is 8.42 Å². The molecule has 0 N–H and O–H groups in total. The van der Waals surface area contributed by atoms with Crippen molar-refractivity contribution in [1.82, 2.24) is 9.55 Å². The van der Waals surface area contributed by atoms with Gasteiger partial charge in [0.2, 0.25) is 0 Å². The van der Waals surface area contributed by atoms with Crippen molar-refractivity contribution in [2.75, 3.05) is 17.8 Å². The predicted molar refractivity (Wildman–Crippen MR) is 79.0 cm³/mol. The van der Waals surface area contributed by atoms with Crippen molar-refractivity contribution in [3.8, 4) is 5.69 Å². The Morgan fingerprint density at radius 2 is 2.21 bits per heavy atom. The Labute approximate surface area is 121 Å². The molecule has 0 fully saturated rings. The van der Waals surface area contributed by atoms with Gasteiger partial charge in [-0.05, 0) is 18.2 Å². The van der Waals surface area contributed by atoms with E-state index in [1.807, 2.05) is 29.0 Å². The Morgan fingerprint density at radius 1 is 1.42 bits per heavy atom. The highest BCUT2D eigenvalue weighted by molar-refractivity contribution is 8.00. The monoisotopic (exact) mass is 316 g/mol. The number of halogens is 1. The normalized spacial score (nSPS) is 11.7. The second kappa shape index (κ2) is 5.98. The first-order valence-corrected chi connectivity index (χ1v) is 8.98. The standard InChI is InChI=1S/C12H13ClN2O2S2/c1-19(16,17)8-7-18-12-14-5-6-15(12)11-4-2-3-10(13)9-11/h2-6,9H,7-8H2,1H3. The van der Waals surface area contributed by atoms with Crippen molar-refractivity contribution in [2.45, 2.75) is 5.16 Å². The second-order valence-electron chi connectivity index (χ2n) is 4.04. The molecule has 0 saturated carbocycles. The lowest BCUT2D eigenvalue weighted by Crippen LogP contribution is -2.06. The van der Waals surface area contributed by atoms with Crippen LogP contribution in [0.15, 0.2) is 41.8 Å². The van der Waals surface area contributed by atoms with E-state index < -0.39 is 9.84 Å². The maximum Gasteiger partial charge on any atom is 0.172 e. The minimum Gasteiger partial charge on any atom is -0.295 e. The Morgan fingerprint density at radius 3 is 2.89 bits per heavy atom. The summed E-state index contributed by atoms with van der Waals surface area (Å²) >= 11 is 7.37. The molecule has 0 radical (unpaired) electrons. The lowest BCUT2D eigenvalue weighted by atomic mass is 10.3. The van der Waals surface area contributed by atoms with E-state index in [0.29, 0.717) is 10.8 Å². The number of rotatable bonds is 5. The summed E-state index contributed by atoms with van der Waals surface area (Å²) in [5.41, 5.74) is 0.909. The molecule has 0 aliphatic carbocycles. The number of sulfone groups is 1. The molecule has 0 bridgehead atoms. The van der Waals surface area contributed by atoms with E-state index >= 15 is 0 Å². The quantitative estimate of drug-likeness (QED) is 0.796. The molecule has 2 rings (SSSR count). The highest BCUT2D eigenvalue weighted by atomic mass is 35.5. The van der Waals surface area contributed by atoms with E-state index in [2.05, 4.69) is 4.98 Å². The van der Waals surface area contributed by atoms with Gasteiger partial charge in [-0.25, -0.2) is 13.4 Å². The summed E-state index contributed by atoms with van der Waals surface area (Å²) in [7, 11) is -2.94. The highest BCUT2D eigenvalue weighted by Gasteiger charge is 2.08. The molecule has 7 heteroatoms. The molecule has 0 amide bonds. The molecule has 19 heavy (non-hydrogen) atoms. The molecule has 0 saturated heterocycles. The van der Waals surface area contributed by atoms with Crippen LogP contribution in [0.3, 0.4) is 0 Å². The third-order valence-electron chi connectivity index (χ3n) is 2.38. The van der Waals surface area contributed by atoms with Gasteiger partial charge >= 0.3 is 0 Å². The minimum atomic E-state index is -2.94. The first-order valence-electron chi connectivity index (χ1n) is 5.55. The number of hydrogen-bond acceptors (Lipinski definition) is 4. The Hall–Kier alpha value is -0.980. The second-order valence-corrected chi connectivity index (χ2v) is 7.80. The Bertz CT molecular complexity index is 668. The van der Waals surface area contributed by atoms with Gasteiger partial charge in [-0.1, -0.05) is 29.4 Å². The minimum absolute atomic E-state index is 0.139. The molecule has 1 heterocycles. The predicted octanol–water partition coefficient (Wildman–Crippen LogP) is 2.66. The fraction of sp³-hybridized carbons (Fsp3) is 0.250. The third-order valence-corrected chi connectivity index (χ3v) is 4.79. The van der Waals surface area contributed by atoms with Gasteiger partial charge in [-0.15, -0.1) is 0 Å². The molecule has 1 aromatic heterocycles. The Kier molecular flexibility index (Phi) is 4.54. The summed E-state index contributed by atoms with van der Waals surface area (Å²) in [6.07, 6.45) is 4.75. The van der Waals surface area contributed by atoms with E-state index in [0.717, 1.165) is 10.8 Å². The molecule has 0 aliphatic heterocycles. The number of benzene rings is 1. The van der Waals surface area contributed by atoms with Gasteiger partial charge in [0, 0.05) is 35.1 Å². The lowest BCUT2D eigenvalue weighted by molar-refractivity contribution is 0.603. The summed E-state index contributed by atoms with van der Waals surface area (Å²) in [6, 6.07) is 7.43. The molecule has 0 spiro atoms. The van der Waals surface area contributed by atoms with Crippen molar-refractivity contribution >= 4 is 33.2 Å². The molecule has 0 atom stereocenters. The van der Waals surface area contributed by atoms with Crippen LogP contribution in [0.25, 0.3) is 5.69 Å². The number of hydrogen-bond donors (Lipinski definition) is 0. The fourth-order valence-corrected chi connectivity index (χ4v) is 3.86. The molecule has 0 unspecified atom stereocenters. The summed E-state index contributed by atoms with van der Waals surface area (Å²) in [4.78, 5) is 4.23. The highest BCUT2D eigenvalue weighted by Crippen LogP contribution is 2.22. The fourth-order valence-electron chi connectivity index (χ4n) is 1.50. The van der Waals surface area contributed by atoms with Crippen LogP contribution < -0.4 is 0 Å². The Balaban J connectivity index is 2.14. The molecule has 1 aromatic carbocycles. The number of nitrogens with zero attached hydrogens (tertiary/aromatic N) is 2.